The summed E-state index contributed by atoms with van der Waals surface area (Å²) < 4.78 is 0. The molecule has 0 aromatic heterocycles. The Hall–Kier alpha value is -3.82. The number of urea groups is 1. The van der Waals surface area contributed by atoms with Crippen LogP contribution in [0.25, 0.3) is 0 Å². The zero-order valence-corrected chi connectivity index (χ0v) is 32.6. The van der Waals surface area contributed by atoms with Crippen LogP contribution < -0.4 is 26.6 Å². The van der Waals surface area contributed by atoms with Gasteiger partial charge in [-0.1, -0.05) is 91.8 Å². The van der Waals surface area contributed by atoms with E-state index in [1.54, 1.807) is 11.9 Å². The standard InChI is InChI=1S/C41H64N6O4/c1-12-13-18-31(25(4)26(5)42-11)44-37(49)36-34-30(41(34,9)10)23-47(36)38(50)35(29-21-27-16-14-15-17-28(27)22-29)46-39(51)45-32(40(6,7)8)19-20-33(48)43-24(2)3/h14-17,24,29-32,34-36,42H,4-5,12-13,18-23H2,1-3,6-11H3,(H,43,48)(H,44,49)(H2,45,46,51)/t30-,31?,32?,34-,35?,36?/m0/s1. The minimum absolute atomic E-state index is 0.0200. The number of rotatable bonds is 16. The Labute approximate surface area is 306 Å². The first kappa shape index (κ1) is 40.0. The van der Waals surface area contributed by atoms with Gasteiger partial charge in [0.25, 0.3) is 0 Å². The third-order valence-corrected chi connectivity index (χ3v) is 11.6. The van der Waals surface area contributed by atoms with Crippen LogP contribution in [0.3, 0.4) is 0 Å². The minimum atomic E-state index is -0.840. The lowest BCUT2D eigenvalue weighted by Crippen LogP contribution is -2.60. The van der Waals surface area contributed by atoms with E-state index in [-0.39, 0.29) is 70.9 Å². The number of piperidine rings is 1. The highest BCUT2D eigenvalue weighted by atomic mass is 16.2. The molecule has 6 atom stereocenters. The second-order valence-corrected chi connectivity index (χ2v) is 17.1. The van der Waals surface area contributed by atoms with Crippen molar-refractivity contribution in [1.82, 2.24) is 31.5 Å². The predicted molar refractivity (Wildman–Crippen MR) is 204 cm³/mol. The fraction of sp³-hybridized carbons (Fsp3) is 0.659. The largest absolute Gasteiger partial charge is 0.388 e. The molecule has 282 valence electrons. The van der Waals surface area contributed by atoms with Gasteiger partial charge in [0.1, 0.15) is 12.1 Å². The zero-order chi connectivity index (χ0) is 37.8. The molecule has 1 saturated heterocycles. The van der Waals surface area contributed by atoms with Crippen molar-refractivity contribution in [2.24, 2.45) is 28.6 Å². The average molecular weight is 705 g/mol. The molecule has 10 nitrogen and oxygen atoms in total. The molecule has 3 aliphatic rings. The summed E-state index contributed by atoms with van der Waals surface area (Å²) in [6.07, 6.45) is 4.64. The lowest BCUT2D eigenvalue weighted by Gasteiger charge is -2.36. The van der Waals surface area contributed by atoms with Gasteiger partial charge >= 0.3 is 6.03 Å². The van der Waals surface area contributed by atoms with E-state index in [4.69, 9.17) is 0 Å². The molecule has 1 heterocycles. The number of fused-ring (bicyclic) bond motifs is 2. The van der Waals surface area contributed by atoms with Crippen molar-refractivity contribution in [3.05, 3.63) is 59.8 Å². The summed E-state index contributed by atoms with van der Waals surface area (Å²) >= 11 is 0. The number of carbonyl (C=O) groups excluding carboxylic acids is 4. The Morgan fingerprint density at radius 1 is 0.961 bits per heavy atom. The maximum Gasteiger partial charge on any atom is 0.315 e. The van der Waals surface area contributed by atoms with Gasteiger partial charge in [0, 0.05) is 37.8 Å². The number of benzene rings is 1. The monoisotopic (exact) mass is 704 g/mol. The van der Waals surface area contributed by atoms with E-state index in [9.17, 15) is 19.2 Å². The summed E-state index contributed by atoms with van der Waals surface area (Å²) in [5.74, 6) is -0.425. The molecule has 0 radical (unpaired) electrons. The number of hydrogen-bond donors (Lipinski definition) is 5. The summed E-state index contributed by atoms with van der Waals surface area (Å²) in [5, 5.41) is 15.5. The summed E-state index contributed by atoms with van der Waals surface area (Å²) in [6.45, 7) is 25.2. The second kappa shape index (κ2) is 16.2. The molecule has 1 saturated carbocycles. The number of carbonyl (C=O) groups is 4. The molecule has 1 aliphatic heterocycles. The van der Waals surface area contributed by atoms with E-state index < -0.39 is 18.1 Å². The van der Waals surface area contributed by atoms with Gasteiger partial charge in [-0.25, -0.2) is 4.79 Å². The summed E-state index contributed by atoms with van der Waals surface area (Å²) in [4.78, 5) is 57.3. The molecule has 51 heavy (non-hydrogen) atoms. The Bertz CT molecular complexity index is 1450. The number of nitrogens with zero attached hydrogens (tertiary/aromatic N) is 1. The molecule has 5 N–H and O–H groups in total. The normalized spacial score (nSPS) is 22.2. The first-order valence-electron chi connectivity index (χ1n) is 19.0. The van der Waals surface area contributed by atoms with Crippen molar-refractivity contribution >= 4 is 23.8 Å². The van der Waals surface area contributed by atoms with Crippen LogP contribution in [-0.4, -0.2) is 72.5 Å². The number of likely N-dealkylation sites (N-methyl/N-ethyl adjacent to an activating group) is 1. The molecule has 1 aromatic carbocycles. The van der Waals surface area contributed by atoms with E-state index in [1.165, 1.54) is 11.1 Å². The van der Waals surface area contributed by atoms with Crippen molar-refractivity contribution in [3.8, 4) is 0 Å². The Morgan fingerprint density at radius 2 is 1.59 bits per heavy atom. The van der Waals surface area contributed by atoms with Crippen molar-refractivity contribution in [2.75, 3.05) is 13.6 Å². The van der Waals surface area contributed by atoms with Crippen LogP contribution in [0.1, 0.15) is 98.6 Å². The number of likely N-dealkylation sites (tertiary alicyclic amines) is 1. The van der Waals surface area contributed by atoms with Crippen LogP contribution in [0, 0.1) is 28.6 Å². The van der Waals surface area contributed by atoms with Gasteiger partial charge < -0.3 is 31.5 Å². The maximum absolute atomic E-state index is 14.9. The van der Waals surface area contributed by atoms with Crippen LogP contribution in [0.2, 0.25) is 0 Å². The van der Waals surface area contributed by atoms with Crippen molar-refractivity contribution in [1.29, 1.82) is 0 Å². The van der Waals surface area contributed by atoms with Crippen molar-refractivity contribution < 1.29 is 19.2 Å². The Balaban J connectivity index is 1.59. The number of hydrogen-bond acceptors (Lipinski definition) is 5. The summed E-state index contributed by atoms with van der Waals surface area (Å²) in [5.41, 5.74) is 3.35. The number of amides is 5. The second-order valence-electron chi connectivity index (χ2n) is 17.1. The quantitative estimate of drug-likeness (QED) is 0.150. The van der Waals surface area contributed by atoms with Crippen molar-refractivity contribution in [2.45, 2.75) is 131 Å². The molecular formula is C41H64N6O4. The third kappa shape index (κ3) is 9.35. The fourth-order valence-corrected chi connectivity index (χ4v) is 8.30. The highest BCUT2D eigenvalue weighted by molar-refractivity contribution is 5.94. The molecule has 2 fully saturated rings. The smallest absolute Gasteiger partial charge is 0.315 e. The van der Waals surface area contributed by atoms with Gasteiger partial charge in [0.15, 0.2) is 0 Å². The molecule has 10 heteroatoms. The SMILES string of the molecule is C=C(NC)C(=C)C(CCCC)NC(=O)C1[C@@H]2[C@H](CN1C(=O)C(NC(=O)NC(CCC(=O)NC(C)C)C(C)(C)C)C1Cc3ccccc3C1)C2(C)C. The van der Waals surface area contributed by atoms with Gasteiger partial charge in [-0.05, 0) is 84.8 Å². The van der Waals surface area contributed by atoms with Crippen LogP contribution in [0.4, 0.5) is 4.79 Å². The molecule has 4 rings (SSSR count). The number of unbranched alkanes of at least 4 members (excludes halogenated alkanes) is 1. The fourth-order valence-electron chi connectivity index (χ4n) is 8.30. The maximum atomic E-state index is 14.9. The van der Waals surface area contributed by atoms with E-state index in [0.717, 1.165) is 24.8 Å². The van der Waals surface area contributed by atoms with Gasteiger partial charge in [-0.15, -0.1) is 0 Å². The van der Waals surface area contributed by atoms with Crippen LogP contribution in [-0.2, 0) is 27.2 Å². The highest BCUT2D eigenvalue weighted by Gasteiger charge is 2.69. The molecule has 2 aliphatic carbocycles. The van der Waals surface area contributed by atoms with Crippen LogP contribution in [0.5, 0.6) is 0 Å². The summed E-state index contributed by atoms with van der Waals surface area (Å²) in [6, 6.07) is 5.65. The van der Waals surface area contributed by atoms with Crippen LogP contribution in [0.15, 0.2) is 48.7 Å². The van der Waals surface area contributed by atoms with E-state index in [2.05, 4.69) is 72.6 Å². The van der Waals surface area contributed by atoms with E-state index in [0.29, 0.717) is 31.5 Å². The third-order valence-electron chi connectivity index (χ3n) is 11.6. The minimum Gasteiger partial charge on any atom is -0.388 e. The molecule has 4 unspecified atom stereocenters. The molecule has 0 bridgehead atoms. The average Bonchev–Trinajstić information content (AvgIpc) is 3.42. The Kier molecular flexibility index (Phi) is 12.7. The summed E-state index contributed by atoms with van der Waals surface area (Å²) in [7, 11) is 1.79. The zero-order valence-electron chi connectivity index (χ0n) is 32.6. The molecule has 1 aromatic rings. The van der Waals surface area contributed by atoms with Gasteiger partial charge in [0.2, 0.25) is 17.7 Å². The van der Waals surface area contributed by atoms with Crippen molar-refractivity contribution in [3.63, 3.8) is 0 Å². The lowest BCUT2D eigenvalue weighted by atomic mass is 9.84. The first-order valence-corrected chi connectivity index (χ1v) is 19.0. The molecule has 0 spiro atoms. The number of nitrogens with one attached hydrogen (secondary N) is 5. The van der Waals surface area contributed by atoms with Gasteiger partial charge in [0.05, 0.1) is 6.04 Å². The van der Waals surface area contributed by atoms with E-state index >= 15 is 0 Å². The predicted octanol–water partition coefficient (Wildman–Crippen LogP) is 5.24. The van der Waals surface area contributed by atoms with Crippen LogP contribution >= 0.6 is 0 Å². The van der Waals surface area contributed by atoms with Gasteiger partial charge in [-0.2, -0.15) is 0 Å². The van der Waals surface area contributed by atoms with E-state index in [1.807, 2.05) is 46.8 Å². The lowest BCUT2D eigenvalue weighted by molar-refractivity contribution is -0.143. The highest BCUT2D eigenvalue weighted by Crippen LogP contribution is 2.65. The Morgan fingerprint density at radius 3 is 2.14 bits per heavy atom. The topological polar surface area (TPSA) is 132 Å². The van der Waals surface area contributed by atoms with Gasteiger partial charge in [-0.3, -0.25) is 14.4 Å². The molecular weight excluding hydrogens is 640 g/mol. The molecule has 5 amide bonds. The first-order chi connectivity index (χ1) is 23.9.